The summed E-state index contributed by atoms with van der Waals surface area (Å²) in [5.74, 6) is 1.13. The summed E-state index contributed by atoms with van der Waals surface area (Å²) in [5, 5.41) is 6.23. The molecule has 1 unspecified atom stereocenters. The molecule has 2 aromatic rings. The molecule has 0 aromatic heterocycles. The lowest BCUT2D eigenvalue weighted by Gasteiger charge is -2.17. The van der Waals surface area contributed by atoms with Gasteiger partial charge in [-0.1, -0.05) is 6.07 Å². The number of rotatable bonds is 5. The minimum Gasteiger partial charge on any atom is -0.464 e. The summed E-state index contributed by atoms with van der Waals surface area (Å²) in [5.41, 5.74) is 3.05. The van der Waals surface area contributed by atoms with Crippen molar-refractivity contribution in [3.8, 4) is 11.5 Å². The Morgan fingerprint density at radius 2 is 2.00 bits per heavy atom. The highest BCUT2D eigenvalue weighted by atomic mass is 16.7. The van der Waals surface area contributed by atoms with Crippen LogP contribution in [-0.2, 0) is 26.2 Å². The van der Waals surface area contributed by atoms with Gasteiger partial charge in [-0.05, 0) is 61.2 Å². The Labute approximate surface area is 168 Å². The molecule has 2 heterocycles. The molecule has 7 nitrogen and oxygen atoms in total. The Morgan fingerprint density at radius 3 is 2.79 bits per heavy atom. The number of amides is 1. The summed E-state index contributed by atoms with van der Waals surface area (Å²) >= 11 is 0. The maximum atomic E-state index is 13.1. The lowest BCUT2D eigenvalue weighted by molar-refractivity contribution is -0.143. The Bertz CT molecular complexity index is 999. The monoisotopic (exact) mass is 394 g/mol. The Kier molecular flexibility index (Phi) is 4.12. The molecule has 2 aliphatic heterocycles. The SMILES string of the molecule is CCOC(=O)C1Cc2cc(NC(=O)C3(c4ccc5c(c4)OCO5)CC3)ccc2N1. The van der Waals surface area contributed by atoms with Crippen molar-refractivity contribution in [2.24, 2.45) is 0 Å². The zero-order valence-corrected chi connectivity index (χ0v) is 16.1. The lowest BCUT2D eigenvalue weighted by Crippen LogP contribution is -2.28. The first kappa shape index (κ1) is 17.8. The normalized spacial score (nSPS) is 19.8. The van der Waals surface area contributed by atoms with Gasteiger partial charge in [0.15, 0.2) is 11.5 Å². The van der Waals surface area contributed by atoms with E-state index in [0.717, 1.165) is 35.3 Å². The summed E-state index contributed by atoms with van der Waals surface area (Å²) in [6.07, 6.45) is 2.15. The van der Waals surface area contributed by atoms with Gasteiger partial charge in [0.1, 0.15) is 6.04 Å². The Hall–Kier alpha value is -3.22. The van der Waals surface area contributed by atoms with Crippen LogP contribution in [0.1, 0.15) is 30.9 Å². The largest absolute Gasteiger partial charge is 0.464 e. The number of nitrogens with one attached hydrogen (secondary N) is 2. The molecule has 1 fully saturated rings. The van der Waals surface area contributed by atoms with Crippen molar-refractivity contribution in [1.82, 2.24) is 0 Å². The van der Waals surface area contributed by atoms with Crippen LogP contribution in [-0.4, -0.2) is 31.3 Å². The summed E-state index contributed by atoms with van der Waals surface area (Å²) < 4.78 is 15.9. The molecule has 1 saturated carbocycles. The van der Waals surface area contributed by atoms with Gasteiger partial charge in [0, 0.05) is 17.8 Å². The minimum absolute atomic E-state index is 0.0239. The van der Waals surface area contributed by atoms with E-state index in [-0.39, 0.29) is 24.7 Å². The predicted octanol–water partition coefficient (Wildman–Crippen LogP) is 2.99. The molecule has 2 N–H and O–H groups in total. The number of anilines is 2. The average Bonchev–Trinajstić information content (AvgIpc) is 3.21. The first-order valence-electron chi connectivity index (χ1n) is 9.87. The topological polar surface area (TPSA) is 85.9 Å². The van der Waals surface area contributed by atoms with Gasteiger partial charge in [-0.25, -0.2) is 4.79 Å². The van der Waals surface area contributed by atoms with E-state index in [1.54, 1.807) is 6.92 Å². The van der Waals surface area contributed by atoms with E-state index < -0.39 is 5.41 Å². The number of fused-ring (bicyclic) bond motifs is 2. The van der Waals surface area contributed by atoms with E-state index in [4.69, 9.17) is 14.2 Å². The van der Waals surface area contributed by atoms with Gasteiger partial charge in [0.2, 0.25) is 12.7 Å². The number of esters is 1. The summed E-state index contributed by atoms with van der Waals surface area (Å²) in [7, 11) is 0. The fourth-order valence-electron chi connectivity index (χ4n) is 4.04. The van der Waals surface area contributed by atoms with Crippen molar-refractivity contribution in [3.63, 3.8) is 0 Å². The molecule has 0 saturated heterocycles. The summed E-state index contributed by atoms with van der Waals surface area (Å²) in [6, 6.07) is 11.0. The molecule has 1 atom stereocenters. The molecule has 150 valence electrons. The van der Waals surface area contributed by atoms with Crippen LogP contribution in [0, 0.1) is 0 Å². The standard InChI is InChI=1S/C22H22N2O5/c1-2-27-20(25)17-10-13-9-15(4-5-16(13)24-17)23-21(26)22(7-8-22)14-3-6-18-19(11-14)29-12-28-18/h3-6,9,11,17,24H,2,7-8,10,12H2,1H3,(H,23,26). The third kappa shape index (κ3) is 3.06. The highest BCUT2D eigenvalue weighted by Gasteiger charge is 2.51. The van der Waals surface area contributed by atoms with E-state index in [0.29, 0.717) is 24.5 Å². The molecule has 5 rings (SSSR count). The van der Waals surface area contributed by atoms with Crippen LogP contribution >= 0.6 is 0 Å². The molecular weight excluding hydrogens is 372 g/mol. The Balaban J connectivity index is 1.31. The maximum absolute atomic E-state index is 13.1. The number of ether oxygens (including phenoxy) is 3. The molecule has 7 heteroatoms. The van der Waals surface area contributed by atoms with Crippen molar-refractivity contribution in [2.45, 2.75) is 37.6 Å². The smallest absolute Gasteiger partial charge is 0.328 e. The van der Waals surface area contributed by atoms with Gasteiger partial charge in [0.25, 0.3) is 0 Å². The second-order valence-corrected chi connectivity index (χ2v) is 7.63. The summed E-state index contributed by atoms with van der Waals surface area (Å²) in [6.45, 7) is 2.37. The van der Waals surface area contributed by atoms with Crippen molar-refractivity contribution in [2.75, 3.05) is 24.0 Å². The molecule has 2 aromatic carbocycles. The maximum Gasteiger partial charge on any atom is 0.328 e. The number of carbonyl (C=O) groups excluding carboxylic acids is 2. The number of benzene rings is 2. The van der Waals surface area contributed by atoms with E-state index in [1.807, 2.05) is 36.4 Å². The molecule has 0 spiro atoms. The Morgan fingerprint density at radius 1 is 1.17 bits per heavy atom. The lowest BCUT2D eigenvalue weighted by atomic mass is 9.94. The van der Waals surface area contributed by atoms with Gasteiger partial charge in [-0.3, -0.25) is 4.79 Å². The van der Waals surface area contributed by atoms with Crippen LogP contribution in [0.25, 0.3) is 0 Å². The number of carbonyl (C=O) groups is 2. The van der Waals surface area contributed by atoms with Gasteiger partial charge in [0.05, 0.1) is 12.0 Å². The zero-order chi connectivity index (χ0) is 20.0. The zero-order valence-electron chi connectivity index (χ0n) is 16.1. The van der Waals surface area contributed by atoms with Gasteiger partial charge >= 0.3 is 5.97 Å². The molecule has 29 heavy (non-hydrogen) atoms. The van der Waals surface area contributed by atoms with Crippen LogP contribution in [0.15, 0.2) is 36.4 Å². The highest BCUT2D eigenvalue weighted by molar-refractivity contribution is 6.01. The van der Waals surface area contributed by atoms with E-state index in [2.05, 4.69) is 10.6 Å². The van der Waals surface area contributed by atoms with E-state index >= 15 is 0 Å². The first-order valence-corrected chi connectivity index (χ1v) is 9.87. The first-order chi connectivity index (χ1) is 14.1. The third-order valence-corrected chi connectivity index (χ3v) is 5.80. The van der Waals surface area contributed by atoms with Crippen LogP contribution < -0.4 is 20.1 Å². The second kappa shape index (κ2) is 6.69. The summed E-state index contributed by atoms with van der Waals surface area (Å²) in [4.78, 5) is 25.1. The molecule has 1 amide bonds. The van der Waals surface area contributed by atoms with E-state index in [9.17, 15) is 9.59 Å². The fraction of sp³-hybridized carbons (Fsp3) is 0.364. The predicted molar refractivity (Wildman–Crippen MR) is 106 cm³/mol. The number of hydrogen-bond acceptors (Lipinski definition) is 6. The highest BCUT2D eigenvalue weighted by Crippen LogP contribution is 2.51. The van der Waals surface area contributed by atoms with Crippen molar-refractivity contribution >= 4 is 23.3 Å². The molecule has 0 bridgehead atoms. The molecule has 0 radical (unpaired) electrons. The second-order valence-electron chi connectivity index (χ2n) is 7.63. The van der Waals surface area contributed by atoms with Crippen molar-refractivity contribution in [1.29, 1.82) is 0 Å². The van der Waals surface area contributed by atoms with Crippen molar-refractivity contribution < 1.29 is 23.8 Å². The van der Waals surface area contributed by atoms with E-state index in [1.165, 1.54) is 0 Å². The molecular formula is C22H22N2O5. The van der Waals surface area contributed by atoms with Crippen LogP contribution in [0.3, 0.4) is 0 Å². The van der Waals surface area contributed by atoms with Crippen LogP contribution in [0.5, 0.6) is 11.5 Å². The van der Waals surface area contributed by atoms with Gasteiger partial charge < -0.3 is 24.8 Å². The quantitative estimate of drug-likeness (QED) is 0.759. The minimum atomic E-state index is -0.522. The van der Waals surface area contributed by atoms with Crippen LogP contribution in [0.4, 0.5) is 11.4 Å². The number of hydrogen-bond donors (Lipinski definition) is 2. The molecule has 1 aliphatic carbocycles. The average molecular weight is 394 g/mol. The fourth-order valence-corrected chi connectivity index (χ4v) is 4.04. The third-order valence-electron chi connectivity index (χ3n) is 5.80. The molecule has 3 aliphatic rings. The van der Waals surface area contributed by atoms with Gasteiger partial charge in [-0.2, -0.15) is 0 Å². The van der Waals surface area contributed by atoms with Gasteiger partial charge in [-0.15, -0.1) is 0 Å². The van der Waals surface area contributed by atoms with Crippen LogP contribution in [0.2, 0.25) is 0 Å². The van der Waals surface area contributed by atoms with Crippen molar-refractivity contribution in [3.05, 3.63) is 47.5 Å².